The summed E-state index contributed by atoms with van der Waals surface area (Å²) in [7, 11) is 1.23. The van der Waals surface area contributed by atoms with E-state index in [1.165, 1.54) is 19.3 Å². The van der Waals surface area contributed by atoms with E-state index in [1.807, 2.05) is 0 Å². The van der Waals surface area contributed by atoms with Gasteiger partial charge in [-0.15, -0.1) is 0 Å². The van der Waals surface area contributed by atoms with Crippen LogP contribution in [-0.2, 0) is 25.8 Å². The second kappa shape index (κ2) is 7.61. The molecule has 1 aliphatic carbocycles. The van der Waals surface area contributed by atoms with Crippen LogP contribution in [0.5, 0.6) is 0 Å². The number of carbonyl (C=O) groups excluding carboxylic acids is 1. The molecule has 1 aliphatic rings. The third kappa shape index (κ3) is 4.16. The summed E-state index contributed by atoms with van der Waals surface area (Å²) in [6.45, 7) is 0. The maximum absolute atomic E-state index is 13.0. The minimum atomic E-state index is -4.69. The van der Waals surface area contributed by atoms with Gasteiger partial charge in [0, 0.05) is 36.8 Å². The van der Waals surface area contributed by atoms with Crippen molar-refractivity contribution in [1.82, 2.24) is 25.1 Å². The van der Waals surface area contributed by atoms with Crippen LogP contribution in [0.3, 0.4) is 0 Å². The van der Waals surface area contributed by atoms with E-state index in [0.717, 1.165) is 16.9 Å². The van der Waals surface area contributed by atoms with Crippen molar-refractivity contribution in [2.75, 3.05) is 0 Å². The SMILES string of the molecule is Cn1nc(C(F)(F)F)cc1C(=O)N[C@@H]1CCc2ncc(-c3ccnc(C(F)(F)F)c3)cc21. The Balaban J connectivity index is 1.60. The van der Waals surface area contributed by atoms with Crippen LogP contribution in [0.4, 0.5) is 26.3 Å². The molecule has 0 aromatic carbocycles. The van der Waals surface area contributed by atoms with Crippen LogP contribution in [0.25, 0.3) is 11.1 Å². The molecule has 0 unspecified atom stereocenters. The van der Waals surface area contributed by atoms with Gasteiger partial charge in [-0.1, -0.05) is 0 Å². The summed E-state index contributed by atoms with van der Waals surface area (Å²) in [6.07, 6.45) is -5.85. The topological polar surface area (TPSA) is 72.7 Å². The van der Waals surface area contributed by atoms with Gasteiger partial charge in [0.2, 0.25) is 0 Å². The van der Waals surface area contributed by atoms with Crippen molar-refractivity contribution < 1.29 is 31.1 Å². The Morgan fingerprint density at radius 2 is 1.75 bits per heavy atom. The van der Waals surface area contributed by atoms with Gasteiger partial charge in [0.25, 0.3) is 5.91 Å². The highest BCUT2D eigenvalue weighted by Gasteiger charge is 2.36. The fourth-order valence-corrected chi connectivity index (χ4v) is 3.58. The zero-order valence-corrected chi connectivity index (χ0v) is 16.4. The van der Waals surface area contributed by atoms with Crippen molar-refractivity contribution in [2.24, 2.45) is 7.05 Å². The van der Waals surface area contributed by atoms with Crippen molar-refractivity contribution in [2.45, 2.75) is 31.2 Å². The summed E-state index contributed by atoms with van der Waals surface area (Å²) >= 11 is 0. The Morgan fingerprint density at radius 3 is 2.41 bits per heavy atom. The number of hydrogen-bond acceptors (Lipinski definition) is 4. The number of aromatic nitrogens is 4. The average Bonchev–Trinajstić information content (AvgIpc) is 3.30. The summed E-state index contributed by atoms with van der Waals surface area (Å²) in [5.74, 6) is -0.748. The van der Waals surface area contributed by atoms with Crippen LogP contribution in [-0.4, -0.2) is 25.7 Å². The molecule has 1 atom stereocenters. The van der Waals surface area contributed by atoms with Gasteiger partial charge in [-0.3, -0.25) is 19.4 Å². The quantitative estimate of drug-likeness (QED) is 0.597. The first-order valence-electron chi connectivity index (χ1n) is 9.38. The molecule has 0 radical (unpaired) electrons. The minimum absolute atomic E-state index is 0.251. The van der Waals surface area contributed by atoms with E-state index in [2.05, 4.69) is 20.4 Å². The van der Waals surface area contributed by atoms with Gasteiger partial charge in [0.05, 0.1) is 6.04 Å². The number of fused-ring (bicyclic) bond motifs is 1. The molecule has 6 nitrogen and oxygen atoms in total. The fourth-order valence-electron chi connectivity index (χ4n) is 3.58. The molecule has 3 heterocycles. The molecule has 0 bridgehead atoms. The highest BCUT2D eigenvalue weighted by Crippen LogP contribution is 2.35. The van der Waals surface area contributed by atoms with E-state index in [0.29, 0.717) is 35.7 Å². The second-order valence-electron chi connectivity index (χ2n) is 7.29. The van der Waals surface area contributed by atoms with Crippen LogP contribution >= 0.6 is 0 Å². The number of hydrogen-bond donors (Lipinski definition) is 1. The van der Waals surface area contributed by atoms with E-state index in [1.54, 1.807) is 6.07 Å². The number of alkyl halides is 6. The molecule has 3 aromatic heterocycles. The number of carbonyl (C=O) groups is 1. The Bertz CT molecular complexity index is 1180. The van der Waals surface area contributed by atoms with Gasteiger partial charge in [0.15, 0.2) is 5.69 Å². The third-order valence-electron chi connectivity index (χ3n) is 5.14. The molecule has 0 aliphatic heterocycles. The zero-order chi connectivity index (χ0) is 23.3. The molecule has 3 aromatic rings. The Hall–Kier alpha value is -3.44. The van der Waals surface area contributed by atoms with Gasteiger partial charge >= 0.3 is 12.4 Å². The largest absolute Gasteiger partial charge is 0.435 e. The van der Waals surface area contributed by atoms with Crippen molar-refractivity contribution in [3.8, 4) is 11.1 Å². The lowest BCUT2D eigenvalue weighted by Crippen LogP contribution is -2.28. The highest BCUT2D eigenvalue weighted by atomic mass is 19.4. The van der Waals surface area contributed by atoms with Gasteiger partial charge in [-0.05, 0) is 42.2 Å². The van der Waals surface area contributed by atoms with Gasteiger partial charge in [-0.2, -0.15) is 31.4 Å². The predicted octanol–water partition coefficient (Wildman–Crippen LogP) is 4.33. The first-order chi connectivity index (χ1) is 14.9. The maximum atomic E-state index is 13.0. The first kappa shape index (κ1) is 21.8. The lowest BCUT2D eigenvalue weighted by molar-refractivity contribution is -0.142. The van der Waals surface area contributed by atoms with Crippen LogP contribution in [0, 0.1) is 0 Å². The normalized spacial score (nSPS) is 16.2. The van der Waals surface area contributed by atoms with Crippen molar-refractivity contribution >= 4 is 5.91 Å². The minimum Gasteiger partial charge on any atom is -0.344 e. The number of aryl methyl sites for hydroxylation is 2. The molecule has 0 spiro atoms. The molecule has 1 N–H and O–H groups in total. The van der Waals surface area contributed by atoms with Gasteiger partial charge in [-0.25, -0.2) is 0 Å². The number of nitrogens with zero attached hydrogens (tertiary/aromatic N) is 4. The van der Waals surface area contributed by atoms with E-state index in [4.69, 9.17) is 0 Å². The highest BCUT2D eigenvalue weighted by molar-refractivity contribution is 5.93. The van der Waals surface area contributed by atoms with E-state index in [-0.39, 0.29) is 11.3 Å². The van der Waals surface area contributed by atoms with Crippen LogP contribution in [0.2, 0.25) is 0 Å². The molecule has 32 heavy (non-hydrogen) atoms. The van der Waals surface area contributed by atoms with Gasteiger partial charge < -0.3 is 5.32 Å². The summed E-state index contributed by atoms with van der Waals surface area (Å²) in [4.78, 5) is 20.2. The van der Waals surface area contributed by atoms with Crippen LogP contribution < -0.4 is 5.32 Å². The first-order valence-corrected chi connectivity index (χ1v) is 9.38. The maximum Gasteiger partial charge on any atom is 0.435 e. The summed E-state index contributed by atoms with van der Waals surface area (Å²) in [5, 5.41) is 6.00. The fraction of sp³-hybridized carbons (Fsp3) is 0.300. The smallest absolute Gasteiger partial charge is 0.344 e. The molecule has 0 saturated heterocycles. The third-order valence-corrected chi connectivity index (χ3v) is 5.14. The van der Waals surface area contributed by atoms with Gasteiger partial charge in [0.1, 0.15) is 11.4 Å². The number of rotatable bonds is 3. The molecule has 168 valence electrons. The monoisotopic (exact) mass is 455 g/mol. The van der Waals surface area contributed by atoms with Crippen LogP contribution in [0.1, 0.15) is 45.6 Å². The van der Waals surface area contributed by atoms with Crippen molar-refractivity contribution in [3.63, 3.8) is 0 Å². The Labute approximate surface area is 177 Å². The van der Waals surface area contributed by atoms with E-state index in [9.17, 15) is 31.1 Å². The molecule has 4 rings (SSSR count). The zero-order valence-electron chi connectivity index (χ0n) is 16.4. The number of halogens is 6. The average molecular weight is 455 g/mol. The van der Waals surface area contributed by atoms with E-state index >= 15 is 0 Å². The van der Waals surface area contributed by atoms with Crippen LogP contribution in [0.15, 0.2) is 36.7 Å². The summed E-state index contributed by atoms with van der Waals surface area (Å²) in [5.41, 5.74) is -0.585. The molecule has 0 fully saturated rings. The molecule has 1 amide bonds. The lowest BCUT2D eigenvalue weighted by atomic mass is 10.0. The molecule has 0 saturated carbocycles. The summed E-state index contributed by atoms with van der Waals surface area (Å²) < 4.78 is 78.4. The predicted molar refractivity (Wildman–Crippen MR) is 99.2 cm³/mol. The molecule has 12 heteroatoms. The summed E-state index contributed by atoms with van der Waals surface area (Å²) in [6, 6.07) is 4.05. The Morgan fingerprint density at radius 1 is 1.03 bits per heavy atom. The van der Waals surface area contributed by atoms with E-state index < -0.39 is 35.7 Å². The van der Waals surface area contributed by atoms with Crippen molar-refractivity contribution in [1.29, 1.82) is 0 Å². The number of amides is 1. The Kier molecular flexibility index (Phi) is 5.18. The number of pyridine rings is 2. The lowest BCUT2D eigenvalue weighted by Gasteiger charge is -2.15. The molecular weight excluding hydrogens is 440 g/mol. The standard InChI is InChI=1S/C20H15F6N5O/c1-31-15(8-17(30-31)20(24,25)26)18(32)29-14-3-2-13-12(14)6-11(9-28-13)10-4-5-27-16(7-10)19(21,22)23/h4-9,14H,2-3H2,1H3,(H,29,32)/t14-/m1/s1. The van der Waals surface area contributed by atoms with Crippen molar-refractivity contribution in [3.05, 3.63) is 65.0 Å². The second-order valence-corrected chi connectivity index (χ2v) is 7.29. The molecular formula is C20H15F6N5O. The number of nitrogens with one attached hydrogen (secondary N) is 1.